The standard InChI is InChI=1S/C22H22N2O4S/c1-28-21-10-6-5-9-20(21)22(25)23-15-17-11-13-18(14-12-17)16-24-29(26,27)19-7-3-2-4-8-19/h2-14,24H,15-16H2,1H3,(H,23,25). The fourth-order valence-electron chi connectivity index (χ4n) is 2.75. The van der Waals surface area contributed by atoms with E-state index in [1.54, 1.807) is 54.6 Å². The van der Waals surface area contributed by atoms with Gasteiger partial charge in [-0.05, 0) is 35.4 Å². The number of carbonyl (C=O) groups is 1. The maximum atomic E-state index is 12.3. The van der Waals surface area contributed by atoms with Crippen LogP contribution in [0.3, 0.4) is 0 Å². The highest BCUT2D eigenvalue weighted by atomic mass is 32.2. The SMILES string of the molecule is COc1ccccc1C(=O)NCc1ccc(CNS(=O)(=O)c2ccccc2)cc1. The molecule has 1 amide bonds. The molecule has 0 bridgehead atoms. The summed E-state index contributed by atoms with van der Waals surface area (Å²) in [4.78, 5) is 12.6. The second kappa shape index (κ2) is 9.36. The highest BCUT2D eigenvalue weighted by Gasteiger charge is 2.13. The number of hydrogen-bond donors (Lipinski definition) is 2. The van der Waals surface area contributed by atoms with Crippen molar-refractivity contribution in [2.24, 2.45) is 0 Å². The molecule has 6 nitrogen and oxygen atoms in total. The molecule has 0 aliphatic carbocycles. The molecule has 0 aliphatic heterocycles. The molecule has 29 heavy (non-hydrogen) atoms. The number of amides is 1. The zero-order valence-corrected chi connectivity index (χ0v) is 16.8. The Balaban J connectivity index is 1.56. The van der Waals surface area contributed by atoms with Crippen LogP contribution in [0.4, 0.5) is 0 Å². The van der Waals surface area contributed by atoms with Crippen molar-refractivity contribution in [3.8, 4) is 5.75 Å². The lowest BCUT2D eigenvalue weighted by atomic mass is 10.1. The van der Waals surface area contributed by atoms with Crippen LogP contribution < -0.4 is 14.8 Å². The van der Waals surface area contributed by atoms with Gasteiger partial charge in [-0.2, -0.15) is 0 Å². The number of hydrogen-bond acceptors (Lipinski definition) is 4. The number of methoxy groups -OCH3 is 1. The van der Waals surface area contributed by atoms with Crippen LogP contribution in [0.5, 0.6) is 5.75 Å². The lowest BCUT2D eigenvalue weighted by molar-refractivity contribution is 0.0948. The summed E-state index contributed by atoms with van der Waals surface area (Å²) in [5.74, 6) is 0.299. The van der Waals surface area contributed by atoms with E-state index >= 15 is 0 Å². The third-order valence-corrected chi connectivity index (χ3v) is 5.76. The summed E-state index contributed by atoms with van der Waals surface area (Å²) in [5.41, 5.74) is 2.20. The number of ether oxygens (including phenoxy) is 1. The summed E-state index contributed by atoms with van der Waals surface area (Å²) in [7, 11) is -2.02. The van der Waals surface area contributed by atoms with Gasteiger partial charge in [0, 0.05) is 13.1 Å². The second-order valence-corrected chi connectivity index (χ2v) is 8.10. The Hall–Kier alpha value is -3.16. The van der Waals surface area contributed by atoms with E-state index in [1.165, 1.54) is 7.11 Å². The molecule has 3 aromatic rings. The maximum absolute atomic E-state index is 12.3. The normalized spacial score (nSPS) is 11.1. The molecule has 0 fully saturated rings. The van der Waals surface area contributed by atoms with E-state index in [0.29, 0.717) is 17.9 Å². The lowest BCUT2D eigenvalue weighted by Crippen LogP contribution is -2.24. The topological polar surface area (TPSA) is 84.5 Å². The minimum atomic E-state index is -3.55. The lowest BCUT2D eigenvalue weighted by Gasteiger charge is -2.10. The van der Waals surface area contributed by atoms with E-state index in [9.17, 15) is 13.2 Å². The third kappa shape index (κ3) is 5.43. The van der Waals surface area contributed by atoms with Crippen LogP contribution in [0.1, 0.15) is 21.5 Å². The average Bonchev–Trinajstić information content (AvgIpc) is 2.77. The highest BCUT2D eigenvalue weighted by Crippen LogP contribution is 2.17. The molecule has 0 radical (unpaired) electrons. The first-order valence-electron chi connectivity index (χ1n) is 9.03. The van der Waals surface area contributed by atoms with Crippen molar-refractivity contribution in [3.05, 3.63) is 95.6 Å². The number of rotatable bonds is 8. The van der Waals surface area contributed by atoms with Crippen LogP contribution in [0.25, 0.3) is 0 Å². The van der Waals surface area contributed by atoms with Crippen LogP contribution >= 0.6 is 0 Å². The zero-order chi connectivity index (χ0) is 20.7. The van der Waals surface area contributed by atoms with Crippen molar-refractivity contribution in [2.45, 2.75) is 18.0 Å². The molecule has 0 saturated carbocycles. The van der Waals surface area contributed by atoms with Gasteiger partial charge in [0.2, 0.25) is 10.0 Å². The van der Waals surface area contributed by atoms with Gasteiger partial charge in [-0.25, -0.2) is 13.1 Å². The predicted molar refractivity (Wildman–Crippen MR) is 111 cm³/mol. The van der Waals surface area contributed by atoms with Crippen LogP contribution in [-0.4, -0.2) is 21.4 Å². The molecule has 0 spiro atoms. The van der Waals surface area contributed by atoms with Crippen LogP contribution in [0, 0.1) is 0 Å². The molecule has 0 unspecified atom stereocenters. The van der Waals surface area contributed by atoms with E-state index in [0.717, 1.165) is 11.1 Å². The fraction of sp³-hybridized carbons (Fsp3) is 0.136. The predicted octanol–water partition coefficient (Wildman–Crippen LogP) is 3.10. The Bertz CT molecular complexity index is 1070. The summed E-state index contributed by atoms with van der Waals surface area (Å²) in [5, 5.41) is 2.86. The Morgan fingerprint density at radius 1 is 0.828 bits per heavy atom. The molecular weight excluding hydrogens is 388 g/mol. The summed E-state index contributed by atoms with van der Waals surface area (Å²) in [6, 6.07) is 22.6. The first-order chi connectivity index (χ1) is 14.0. The van der Waals surface area contributed by atoms with Crippen molar-refractivity contribution in [2.75, 3.05) is 7.11 Å². The van der Waals surface area contributed by atoms with Gasteiger partial charge in [0.05, 0.1) is 17.6 Å². The maximum Gasteiger partial charge on any atom is 0.255 e. The van der Waals surface area contributed by atoms with E-state index in [1.807, 2.05) is 24.3 Å². The molecule has 2 N–H and O–H groups in total. The number of para-hydroxylation sites is 1. The van der Waals surface area contributed by atoms with Crippen molar-refractivity contribution < 1.29 is 17.9 Å². The fourth-order valence-corrected chi connectivity index (χ4v) is 3.78. The number of nitrogens with one attached hydrogen (secondary N) is 2. The number of sulfonamides is 1. The van der Waals surface area contributed by atoms with Gasteiger partial charge in [0.1, 0.15) is 5.75 Å². The largest absolute Gasteiger partial charge is 0.496 e. The van der Waals surface area contributed by atoms with Crippen molar-refractivity contribution in [1.29, 1.82) is 0 Å². The first-order valence-corrected chi connectivity index (χ1v) is 10.5. The molecule has 0 atom stereocenters. The van der Waals surface area contributed by atoms with Gasteiger partial charge >= 0.3 is 0 Å². The van der Waals surface area contributed by atoms with Crippen molar-refractivity contribution in [3.63, 3.8) is 0 Å². The molecule has 3 rings (SSSR count). The molecule has 0 aromatic heterocycles. The van der Waals surface area contributed by atoms with Crippen molar-refractivity contribution >= 4 is 15.9 Å². The summed E-state index contributed by atoms with van der Waals surface area (Å²) >= 11 is 0. The van der Waals surface area contributed by atoms with Gasteiger partial charge in [0.15, 0.2) is 0 Å². The van der Waals surface area contributed by atoms with Gasteiger partial charge in [0.25, 0.3) is 5.91 Å². The first kappa shape index (κ1) is 20.6. The molecule has 0 heterocycles. The van der Waals surface area contributed by atoms with Gasteiger partial charge in [-0.15, -0.1) is 0 Å². The summed E-state index contributed by atoms with van der Waals surface area (Å²) < 4.78 is 32.3. The Kier molecular flexibility index (Phi) is 6.64. The van der Waals surface area contributed by atoms with Gasteiger partial charge in [-0.1, -0.05) is 54.6 Å². The number of benzene rings is 3. The molecular formula is C22H22N2O4S. The van der Waals surface area contributed by atoms with Gasteiger partial charge < -0.3 is 10.1 Å². The van der Waals surface area contributed by atoms with Crippen LogP contribution in [-0.2, 0) is 23.1 Å². The summed E-state index contributed by atoms with van der Waals surface area (Å²) in [6.07, 6.45) is 0. The Labute approximate surface area is 170 Å². The Morgan fingerprint density at radius 3 is 2.07 bits per heavy atom. The van der Waals surface area contributed by atoms with Crippen LogP contribution in [0.2, 0.25) is 0 Å². The smallest absolute Gasteiger partial charge is 0.255 e. The number of carbonyl (C=O) groups excluding carboxylic acids is 1. The molecule has 0 saturated heterocycles. The molecule has 0 aliphatic rings. The molecule has 3 aromatic carbocycles. The Morgan fingerprint density at radius 2 is 1.41 bits per heavy atom. The average molecular weight is 410 g/mol. The van der Waals surface area contributed by atoms with E-state index < -0.39 is 10.0 Å². The summed E-state index contributed by atoms with van der Waals surface area (Å²) in [6.45, 7) is 0.540. The molecule has 7 heteroatoms. The third-order valence-electron chi connectivity index (χ3n) is 4.35. The quantitative estimate of drug-likeness (QED) is 0.598. The zero-order valence-electron chi connectivity index (χ0n) is 16.0. The minimum Gasteiger partial charge on any atom is -0.496 e. The van der Waals surface area contributed by atoms with Crippen molar-refractivity contribution in [1.82, 2.24) is 10.0 Å². The van der Waals surface area contributed by atoms with E-state index in [-0.39, 0.29) is 17.3 Å². The minimum absolute atomic E-state index is 0.186. The van der Waals surface area contributed by atoms with Crippen LogP contribution in [0.15, 0.2) is 83.8 Å². The second-order valence-electron chi connectivity index (χ2n) is 6.34. The molecule has 150 valence electrons. The van der Waals surface area contributed by atoms with Gasteiger partial charge in [-0.3, -0.25) is 4.79 Å². The van der Waals surface area contributed by atoms with E-state index in [4.69, 9.17) is 4.74 Å². The highest BCUT2D eigenvalue weighted by molar-refractivity contribution is 7.89. The van der Waals surface area contributed by atoms with E-state index in [2.05, 4.69) is 10.0 Å². The monoisotopic (exact) mass is 410 g/mol.